The Balaban J connectivity index is 1.97. The number of rotatable bonds is 3. The number of carbonyl (C=O) groups excluding carboxylic acids is 2. The van der Waals surface area contributed by atoms with Gasteiger partial charge in [0.25, 0.3) is 11.7 Å². The van der Waals surface area contributed by atoms with E-state index in [9.17, 15) is 19.1 Å². The highest BCUT2D eigenvalue weighted by molar-refractivity contribution is 6.51. The number of benzene rings is 3. The van der Waals surface area contributed by atoms with Gasteiger partial charge in [0, 0.05) is 11.3 Å². The van der Waals surface area contributed by atoms with Gasteiger partial charge in [-0.25, -0.2) is 4.39 Å². The summed E-state index contributed by atoms with van der Waals surface area (Å²) in [6.07, 6.45) is 0. The predicted octanol–water partition coefficient (Wildman–Crippen LogP) is 4.76. The normalized spacial score (nSPS) is 18.3. The van der Waals surface area contributed by atoms with Crippen LogP contribution in [0.3, 0.4) is 0 Å². The summed E-state index contributed by atoms with van der Waals surface area (Å²) in [5.74, 6) is -2.34. The molecule has 0 saturated carbocycles. The number of aryl methyl sites for hydroxylation is 1. The number of anilines is 1. The SMILES string of the molecule is Cc1cccc(N2C(=O)C(=O)C(=C(O)c3ccccc3)[C@H]2c2cccc(F)c2)c1. The van der Waals surface area contributed by atoms with Gasteiger partial charge in [-0.15, -0.1) is 0 Å². The molecule has 144 valence electrons. The van der Waals surface area contributed by atoms with E-state index in [4.69, 9.17) is 0 Å². The van der Waals surface area contributed by atoms with E-state index in [1.807, 2.05) is 13.0 Å². The van der Waals surface area contributed by atoms with Gasteiger partial charge in [0.2, 0.25) is 0 Å². The summed E-state index contributed by atoms with van der Waals surface area (Å²) in [4.78, 5) is 27.2. The maximum Gasteiger partial charge on any atom is 0.300 e. The van der Waals surface area contributed by atoms with Crippen LogP contribution in [0.5, 0.6) is 0 Å². The Kier molecular flexibility index (Phi) is 4.72. The number of carbonyl (C=O) groups is 2. The highest BCUT2D eigenvalue weighted by Gasteiger charge is 2.47. The summed E-state index contributed by atoms with van der Waals surface area (Å²) < 4.78 is 14.0. The molecule has 0 unspecified atom stereocenters. The Labute approximate surface area is 167 Å². The van der Waals surface area contributed by atoms with Crippen molar-refractivity contribution in [2.75, 3.05) is 4.90 Å². The molecule has 1 aliphatic heterocycles. The van der Waals surface area contributed by atoms with Gasteiger partial charge in [-0.05, 0) is 42.3 Å². The molecule has 4 nitrogen and oxygen atoms in total. The average Bonchev–Trinajstić information content (AvgIpc) is 2.99. The predicted molar refractivity (Wildman–Crippen MR) is 109 cm³/mol. The number of Topliss-reactive ketones (excluding diaryl/α,β-unsaturated/α-hetero) is 1. The lowest BCUT2D eigenvalue weighted by Crippen LogP contribution is -2.29. The second-order valence-corrected chi connectivity index (χ2v) is 6.93. The average molecular weight is 387 g/mol. The van der Waals surface area contributed by atoms with Crippen LogP contribution in [0, 0.1) is 12.7 Å². The molecule has 0 spiro atoms. The summed E-state index contributed by atoms with van der Waals surface area (Å²) >= 11 is 0. The molecule has 1 fully saturated rings. The molecule has 1 amide bonds. The van der Waals surface area contributed by atoms with E-state index in [1.54, 1.807) is 54.6 Å². The number of ketones is 1. The molecule has 1 saturated heterocycles. The van der Waals surface area contributed by atoms with Crippen molar-refractivity contribution in [3.05, 3.63) is 107 Å². The minimum atomic E-state index is -0.937. The largest absolute Gasteiger partial charge is 0.507 e. The summed E-state index contributed by atoms with van der Waals surface area (Å²) in [7, 11) is 0. The summed E-state index contributed by atoms with van der Waals surface area (Å²) in [5.41, 5.74) is 2.17. The van der Waals surface area contributed by atoms with Crippen LogP contribution >= 0.6 is 0 Å². The lowest BCUT2D eigenvalue weighted by Gasteiger charge is -2.25. The number of halogens is 1. The number of amides is 1. The molecule has 0 aromatic heterocycles. The quantitative estimate of drug-likeness (QED) is 0.400. The number of nitrogens with zero attached hydrogens (tertiary/aromatic N) is 1. The van der Waals surface area contributed by atoms with E-state index in [2.05, 4.69) is 0 Å². The number of aliphatic hydroxyl groups is 1. The van der Waals surface area contributed by atoms with Crippen LogP contribution in [0.4, 0.5) is 10.1 Å². The van der Waals surface area contributed by atoms with Crippen molar-refractivity contribution >= 4 is 23.1 Å². The van der Waals surface area contributed by atoms with Crippen molar-refractivity contribution in [2.45, 2.75) is 13.0 Å². The number of aliphatic hydroxyl groups excluding tert-OH is 1. The first-order valence-corrected chi connectivity index (χ1v) is 9.16. The first-order valence-electron chi connectivity index (χ1n) is 9.16. The molecular weight excluding hydrogens is 369 g/mol. The fourth-order valence-corrected chi connectivity index (χ4v) is 3.62. The third-order valence-electron chi connectivity index (χ3n) is 4.94. The lowest BCUT2D eigenvalue weighted by atomic mass is 9.95. The number of hydrogen-bond donors (Lipinski definition) is 1. The molecule has 0 radical (unpaired) electrons. The highest BCUT2D eigenvalue weighted by Crippen LogP contribution is 2.42. The zero-order valence-corrected chi connectivity index (χ0v) is 15.7. The Morgan fingerprint density at radius 3 is 2.34 bits per heavy atom. The molecule has 3 aromatic carbocycles. The van der Waals surface area contributed by atoms with E-state index in [1.165, 1.54) is 23.1 Å². The molecule has 3 aromatic rings. The van der Waals surface area contributed by atoms with Gasteiger partial charge in [-0.3, -0.25) is 14.5 Å². The smallest absolute Gasteiger partial charge is 0.300 e. The Bertz CT molecular complexity index is 1140. The molecule has 29 heavy (non-hydrogen) atoms. The first kappa shape index (κ1) is 18.6. The summed E-state index contributed by atoms with van der Waals surface area (Å²) in [6, 6.07) is 20.5. The van der Waals surface area contributed by atoms with Crippen LogP contribution in [0.2, 0.25) is 0 Å². The van der Waals surface area contributed by atoms with E-state index >= 15 is 0 Å². The van der Waals surface area contributed by atoms with Crippen LogP contribution in [0.25, 0.3) is 5.76 Å². The monoisotopic (exact) mass is 387 g/mol. The van der Waals surface area contributed by atoms with E-state index in [0.717, 1.165) is 5.56 Å². The van der Waals surface area contributed by atoms with Gasteiger partial charge >= 0.3 is 0 Å². The Hall–Kier alpha value is -3.73. The minimum Gasteiger partial charge on any atom is -0.507 e. The molecule has 0 aliphatic carbocycles. The fraction of sp³-hybridized carbons (Fsp3) is 0.0833. The topological polar surface area (TPSA) is 57.6 Å². The van der Waals surface area contributed by atoms with Gasteiger partial charge in [0.05, 0.1) is 11.6 Å². The molecule has 1 atom stereocenters. The van der Waals surface area contributed by atoms with Crippen LogP contribution < -0.4 is 4.90 Å². The van der Waals surface area contributed by atoms with Gasteiger partial charge in [-0.1, -0.05) is 54.6 Å². The molecule has 1 aliphatic rings. The zero-order valence-electron chi connectivity index (χ0n) is 15.7. The zero-order chi connectivity index (χ0) is 20.5. The fourth-order valence-electron chi connectivity index (χ4n) is 3.62. The van der Waals surface area contributed by atoms with Crippen molar-refractivity contribution in [3.8, 4) is 0 Å². The maximum absolute atomic E-state index is 14.0. The van der Waals surface area contributed by atoms with Crippen LogP contribution in [0.15, 0.2) is 84.4 Å². The second kappa shape index (κ2) is 7.36. The van der Waals surface area contributed by atoms with Gasteiger partial charge in [0.15, 0.2) is 0 Å². The van der Waals surface area contributed by atoms with Crippen LogP contribution in [0.1, 0.15) is 22.7 Å². The van der Waals surface area contributed by atoms with Crippen LogP contribution in [-0.4, -0.2) is 16.8 Å². The van der Waals surface area contributed by atoms with E-state index in [0.29, 0.717) is 16.8 Å². The summed E-state index contributed by atoms with van der Waals surface area (Å²) in [6.45, 7) is 1.88. The highest BCUT2D eigenvalue weighted by atomic mass is 19.1. The van der Waals surface area contributed by atoms with Crippen molar-refractivity contribution in [2.24, 2.45) is 0 Å². The first-order chi connectivity index (χ1) is 14.0. The van der Waals surface area contributed by atoms with Crippen molar-refractivity contribution < 1.29 is 19.1 Å². The molecule has 1 heterocycles. The molecule has 1 N–H and O–H groups in total. The standard InChI is InChI=1S/C24H18FNO3/c1-15-7-5-12-19(13-15)26-21(17-10-6-11-18(25)14-17)20(23(28)24(26)29)22(27)16-8-3-2-4-9-16/h2-14,21,27H,1H3/t21-/m1/s1. The van der Waals surface area contributed by atoms with E-state index in [-0.39, 0.29) is 11.3 Å². The number of hydrogen-bond acceptors (Lipinski definition) is 3. The Morgan fingerprint density at radius 1 is 0.931 bits per heavy atom. The third kappa shape index (κ3) is 3.31. The third-order valence-corrected chi connectivity index (χ3v) is 4.94. The summed E-state index contributed by atoms with van der Waals surface area (Å²) in [5, 5.41) is 10.9. The second-order valence-electron chi connectivity index (χ2n) is 6.93. The minimum absolute atomic E-state index is 0.0618. The van der Waals surface area contributed by atoms with Gasteiger partial charge in [0.1, 0.15) is 11.6 Å². The van der Waals surface area contributed by atoms with Gasteiger partial charge in [-0.2, -0.15) is 0 Å². The molecule has 5 heteroatoms. The van der Waals surface area contributed by atoms with Crippen molar-refractivity contribution in [1.29, 1.82) is 0 Å². The molecular formula is C24H18FNO3. The van der Waals surface area contributed by atoms with Crippen LogP contribution in [-0.2, 0) is 9.59 Å². The van der Waals surface area contributed by atoms with E-state index < -0.39 is 23.5 Å². The lowest BCUT2D eigenvalue weighted by molar-refractivity contribution is -0.132. The maximum atomic E-state index is 14.0. The molecule has 0 bridgehead atoms. The Morgan fingerprint density at radius 2 is 1.66 bits per heavy atom. The van der Waals surface area contributed by atoms with Crippen molar-refractivity contribution in [1.82, 2.24) is 0 Å². The van der Waals surface area contributed by atoms with Crippen molar-refractivity contribution in [3.63, 3.8) is 0 Å². The molecule has 4 rings (SSSR count). The van der Waals surface area contributed by atoms with Gasteiger partial charge < -0.3 is 5.11 Å².